The lowest BCUT2D eigenvalue weighted by molar-refractivity contribution is 0.723. The van der Waals surface area contributed by atoms with Crippen molar-refractivity contribution < 1.29 is 0 Å². The van der Waals surface area contributed by atoms with Gasteiger partial charge in [0.1, 0.15) is 0 Å². The largest absolute Gasteiger partial charge is 0.228 e. The van der Waals surface area contributed by atoms with Crippen molar-refractivity contribution in [1.82, 2.24) is 9.97 Å². The van der Waals surface area contributed by atoms with E-state index in [1.807, 2.05) is 11.8 Å². The molecule has 1 aromatic heterocycles. The van der Waals surface area contributed by atoms with Gasteiger partial charge in [0.15, 0.2) is 5.82 Å². The molecule has 10 aromatic rings. The fourth-order valence-electron chi connectivity index (χ4n) is 9.65. The zero-order valence-corrected chi connectivity index (χ0v) is 34.6. The van der Waals surface area contributed by atoms with Gasteiger partial charge >= 0.3 is 0 Å². The molecule has 1 aliphatic carbocycles. The van der Waals surface area contributed by atoms with Crippen LogP contribution >= 0.6 is 11.8 Å². The highest BCUT2D eigenvalue weighted by atomic mass is 32.2. The molecule has 0 fully saturated rings. The highest BCUT2D eigenvalue weighted by molar-refractivity contribution is 7.99. The van der Waals surface area contributed by atoms with E-state index in [1.54, 1.807) is 0 Å². The lowest BCUT2D eigenvalue weighted by Crippen LogP contribution is -2.32. The molecule has 3 heteroatoms. The summed E-state index contributed by atoms with van der Waals surface area (Å²) in [7, 11) is 0. The summed E-state index contributed by atoms with van der Waals surface area (Å²) >= 11 is 1.88. The zero-order valence-electron chi connectivity index (χ0n) is 33.7. The molecule has 0 radical (unpaired) electrons. The van der Waals surface area contributed by atoms with Crippen LogP contribution in [0.4, 0.5) is 0 Å². The van der Waals surface area contributed by atoms with Crippen molar-refractivity contribution in [3.8, 4) is 78.4 Å². The normalized spacial score (nSPS) is 12.9. The third-order valence-electron chi connectivity index (χ3n) is 12.6. The molecule has 62 heavy (non-hydrogen) atoms. The van der Waals surface area contributed by atoms with E-state index in [9.17, 15) is 0 Å². The first kappa shape index (κ1) is 36.3. The van der Waals surface area contributed by atoms with Crippen molar-refractivity contribution >= 4 is 11.8 Å². The second-order valence-corrected chi connectivity index (χ2v) is 17.2. The third kappa shape index (κ3) is 5.96. The fourth-order valence-corrected chi connectivity index (χ4v) is 10.8. The first-order valence-electron chi connectivity index (χ1n) is 21.1. The number of benzene rings is 9. The molecule has 0 amide bonds. The maximum absolute atomic E-state index is 5.23. The summed E-state index contributed by atoms with van der Waals surface area (Å²) in [6, 6.07) is 83.3. The molecule has 2 aliphatic rings. The van der Waals surface area contributed by atoms with E-state index in [0.29, 0.717) is 5.82 Å². The van der Waals surface area contributed by atoms with Crippen molar-refractivity contribution in [2.45, 2.75) is 15.2 Å². The lowest BCUT2D eigenvalue weighted by Gasteiger charge is -2.40. The minimum atomic E-state index is -0.413. The minimum absolute atomic E-state index is 0.413. The molecule has 2 heterocycles. The molecule has 290 valence electrons. The predicted octanol–water partition coefficient (Wildman–Crippen LogP) is 15.3. The first-order chi connectivity index (χ1) is 30.7. The monoisotopic (exact) mass is 806 g/mol. The predicted molar refractivity (Wildman–Crippen MR) is 256 cm³/mol. The van der Waals surface area contributed by atoms with Crippen LogP contribution in [0.2, 0.25) is 0 Å². The topological polar surface area (TPSA) is 25.8 Å². The highest BCUT2D eigenvalue weighted by Crippen LogP contribution is 2.62. The number of aromatic nitrogens is 2. The molecule has 0 saturated carbocycles. The van der Waals surface area contributed by atoms with Gasteiger partial charge in [0.2, 0.25) is 0 Å². The molecule has 0 bridgehead atoms. The number of hydrogen-bond donors (Lipinski definition) is 0. The Morgan fingerprint density at radius 3 is 1.21 bits per heavy atom. The van der Waals surface area contributed by atoms with Crippen LogP contribution in [0, 0.1) is 0 Å². The molecular formula is C59H38N2S. The Balaban J connectivity index is 0.948. The number of hydrogen-bond acceptors (Lipinski definition) is 3. The van der Waals surface area contributed by atoms with Crippen LogP contribution < -0.4 is 0 Å². The van der Waals surface area contributed by atoms with Crippen molar-refractivity contribution in [3.05, 3.63) is 253 Å². The van der Waals surface area contributed by atoms with Crippen molar-refractivity contribution in [2.75, 3.05) is 0 Å². The van der Waals surface area contributed by atoms with Gasteiger partial charge in [-0.15, -0.1) is 0 Å². The molecule has 0 unspecified atom stereocenters. The molecule has 1 spiro atoms. The van der Waals surface area contributed by atoms with E-state index in [-0.39, 0.29) is 0 Å². The summed E-state index contributed by atoms with van der Waals surface area (Å²) in [6.45, 7) is 0. The van der Waals surface area contributed by atoms with Gasteiger partial charge in [-0.05, 0) is 91.0 Å². The Labute approximate surface area is 366 Å². The molecule has 1 aliphatic heterocycles. The zero-order chi connectivity index (χ0) is 41.0. The summed E-state index contributed by atoms with van der Waals surface area (Å²) in [5, 5.41) is 0. The van der Waals surface area contributed by atoms with E-state index in [0.717, 1.165) is 33.6 Å². The first-order valence-corrected chi connectivity index (χ1v) is 22.0. The molecule has 2 nitrogen and oxygen atoms in total. The molecular weight excluding hydrogens is 769 g/mol. The maximum atomic E-state index is 5.23. The van der Waals surface area contributed by atoms with Crippen LogP contribution in [-0.4, -0.2) is 9.97 Å². The van der Waals surface area contributed by atoms with Crippen LogP contribution in [0.5, 0.6) is 0 Å². The second-order valence-electron chi connectivity index (χ2n) is 16.1. The molecule has 0 atom stereocenters. The van der Waals surface area contributed by atoms with Gasteiger partial charge in [0, 0.05) is 26.5 Å². The average Bonchev–Trinajstić information content (AvgIpc) is 3.65. The molecule has 0 N–H and O–H groups in total. The minimum Gasteiger partial charge on any atom is -0.228 e. The summed E-state index contributed by atoms with van der Waals surface area (Å²) in [5.74, 6) is 0.694. The summed E-state index contributed by atoms with van der Waals surface area (Å²) < 4.78 is 0. The Bertz CT molecular complexity index is 3140. The SMILES string of the molecule is c1ccc(-c2ccc(-c3cc(-c4ccc(-c5ccccc5)cc4)nc(-c4ccc(-c5ccc6c(c5)C5(c7ccccc7S6)c6ccccc6-c6ccccc65)cc4)n3)cc2)cc1. The van der Waals surface area contributed by atoms with Crippen LogP contribution in [-0.2, 0) is 5.41 Å². The Morgan fingerprint density at radius 2 is 0.661 bits per heavy atom. The number of fused-ring (bicyclic) bond motifs is 9. The van der Waals surface area contributed by atoms with Crippen LogP contribution in [0.1, 0.15) is 22.3 Å². The Hall–Kier alpha value is -7.59. The van der Waals surface area contributed by atoms with Gasteiger partial charge in [0.05, 0.1) is 16.8 Å². The number of rotatable bonds is 6. The average molecular weight is 807 g/mol. The quantitative estimate of drug-likeness (QED) is 0.167. The summed E-state index contributed by atoms with van der Waals surface area (Å²) in [6.07, 6.45) is 0. The lowest BCUT2D eigenvalue weighted by atomic mass is 9.67. The standard InChI is InChI=1S/C59H38N2S/c1-3-13-39(14-4-1)41-23-29-44(30-24-41)54-38-55(45-31-25-42(26-32-45)40-15-5-2-6-16-40)61-58(60-54)46-33-27-43(28-34-46)47-35-36-57-53(37-47)59(52-21-11-12-22-56(52)62-57)50-19-9-7-17-48(50)49-18-8-10-20-51(49)59/h1-38H. The molecule has 0 saturated heterocycles. The van der Waals surface area contributed by atoms with Crippen LogP contribution in [0.3, 0.4) is 0 Å². The summed E-state index contributed by atoms with van der Waals surface area (Å²) in [4.78, 5) is 13.1. The third-order valence-corrected chi connectivity index (χ3v) is 13.8. The second kappa shape index (κ2) is 14.8. The Kier molecular flexibility index (Phi) is 8.69. The van der Waals surface area contributed by atoms with Crippen LogP contribution in [0.25, 0.3) is 78.4 Å². The van der Waals surface area contributed by atoms with Gasteiger partial charge < -0.3 is 0 Å². The van der Waals surface area contributed by atoms with Gasteiger partial charge in [0.25, 0.3) is 0 Å². The van der Waals surface area contributed by atoms with E-state index < -0.39 is 5.41 Å². The highest BCUT2D eigenvalue weighted by Gasteiger charge is 2.50. The maximum Gasteiger partial charge on any atom is 0.160 e. The van der Waals surface area contributed by atoms with E-state index in [4.69, 9.17) is 9.97 Å². The smallest absolute Gasteiger partial charge is 0.160 e. The van der Waals surface area contributed by atoms with Gasteiger partial charge in [-0.3, -0.25) is 0 Å². The van der Waals surface area contributed by atoms with Crippen molar-refractivity contribution in [2.24, 2.45) is 0 Å². The van der Waals surface area contributed by atoms with Gasteiger partial charge in [-0.1, -0.05) is 218 Å². The van der Waals surface area contributed by atoms with E-state index >= 15 is 0 Å². The van der Waals surface area contributed by atoms with E-state index in [1.165, 1.54) is 71.0 Å². The molecule has 12 rings (SSSR count). The molecule has 9 aromatic carbocycles. The number of nitrogens with zero attached hydrogens (tertiary/aromatic N) is 2. The van der Waals surface area contributed by atoms with Crippen molar-refractivity contribution in [1.29, 1.82) is 0 Å². The van der Waals surface area contributed by atoms with Crippen molar-refractivity contribution in [3.63, 3.8) is 0 Å². The fraction of sp³-hybridized carbons (Fsp3) is 0.0169. The van der Waals surface area contributed by atoms with E-state index in [2.05, 4.69) is 231 Å². The van der Waals surface area contributed by atoms with Gasteiger partial charge in [-0.25, -0.2) is 9.97 Å². The van der Waals surface area contributed by atoms with Crippen LogP contribution in [0.15, 0.2) is 240 Å². The Morgan fingerprint density at radius 1 is 0.274 bits per heavy atom. The summed E-state index contributed by atoms with van der Waals surface area (Å²) in [5.41, 5.74) is 19.5. The van der Waals surface area contributed by atoms with Gasteiger partial charge in [-0.2, -0.15) is 0 Å².